The molecule has 0 saturated heterocycles. The standard InChI is InChI=1S/C37H80NO3Si/c1-7-11-12-13-14-15-16-17-18-19-20-21-23-26-29-32-35-38(5,6)36-33-30-27-24-22-25-28-31-34-37-42(39-8-2,40-9-3)41-10-4/h7-37H2,1-6H3/q+1. The van der Waals surface area contributed by atoms with Crippen LogP contribution in [0.4, 0.5) is 0 Å². The van der Waals surface area contributed by atoms with Gasteiger partial charge in [-0.05, 0) is 52.9 Å². The Morgan fingerprint density at radius 1 is 0.357 bits per heavy atom. The van der Waals surface area contributed by atoms with Crippen LogP contribution in [-0.2, 0) is 13.3 Å². The SMILES string of the molecule is CCCCCCCCCCCCCCCCCC[N+](C)(C)CCCCCCCCCCC[Si](OCC)(OCC)OCC. The average Bonchev–Trinajstić information content (AvgIpc) is 2.96. The van der Waals surface area contributed by atoms with Crippen molar-refractivity contribution in [2.24, 2.45) is 0 Å². The zero-order valence-corrected chi connectivity index (χ0v) is 31.1. The molecule has 0 fully saturated rings. The molecule has 0 spiro atoms. The van der Waals surface area contributed by atoms with E-state index in [4.69, 9.17) is 13.3 Å². The molecule has 0 bridgehead atoms. The molecule has 0 amide bonds. The van der Waals surface area contributed by atoms with Gasteiger partial charge in [-0.15, -0.1) is 0 Å². The maximum Gasteiger partial charge on any atom is 0.500 e. The molecule has 0 aliphatic carbocycles. The summed E-state index contributed by atoms with van der Waals surface area (Å²) in [7, 11) is 2.47. The lowest BCUT2D eigenvalue weighted by atomic mass is 10.0. The van der Waals surface area contributed by atoms with E-state index in [0.717, 1.165) is 6.04 Å². The van der Waals surface area contributed by atoms with Crippen molar-refractivity contribution < 1.29 is 17.8 Å². The zero-order chi connectivity index (χ0) is 31.0. The van der Waals surface area contributed by atoms with Gasteiger partial charge in [-0.25, -0.2) is 0 Å². The van der Waals surface area contributed by atoms with Crippen molar-refractivity contribution in [2.45, 2.75) is 194 Å². The molecule has 0 aromatic carbocycles. The van der Waals surface area contributed by atoms with Crippen molar-refractivity contribution in [1.29, 1.82) is 0 Å². The molecule has 0 heterocycles. The van der Waals surface area contributed by atoms with E-state index in [2.05, 4.69) is 21.0 Å². The smallest absolute Gasteiger partial charge is 0.374 e. The second kappa shape index (κ2) is 31.1. The molecule has 5 heteroatoms. The fraction of sp³-hybridized carbons (Fsp3) is 1.00. The first-order valence-electron chi connectivity index (χ1n) is 19.2. The maximum absolute atomic E-state index is 5.98. The van der Waals surface area contributed by atoms with Gasteiger partial charge in [-0.2, -0.15) is 0 Å². The largest absolute Gasteiger partial charge is 0.500 e. The van der Waals surface area contributed by atoms with E-state index in [1.54, 1.807) is 0 Å². The van der Waals surface area contributed by atoms with E-state index < -0.39 is 8.80 Å². The van der Waals surface area contributed by atoms with Gasteiger partial charge in [-0.3, -0.25) is 0 Å². The van der Waals surface area contributed by atoms with E-state index in [0.29, 0.717) is 19.8 Å². The molecular formula is C37H80NO3Si+. The Labute approximate surface area is 267 Å². The van der Waals surface area contributed by atoms with Crippen molar-refractivity contribution in [3.05, 3.63) is 0 Å². The minimum absolute atomic E-state index is 0.682. The highest BCUT2D eigenvalue weighted by Gasteiger charge is 2.39. The summed E-state index contributed by atoms with van der Waals surface area (Å²) < 4.78 is 19.2. The van der Waals surface area contributed by atoms with Gasteiger partial charge >= 0.3 is 8.80 Å². The van der Waals surface area contributed by atoms with Crippen LogP contribution in [0.1, 0.15) is 188 Å². The second-order valence-electron chi connectivity index (χ2n) is 13.6. The normalized spacial score (nSPS) is 12.4. The highest BCUT2D eigenvalue weighted by atomic mass is 28.4. The van der Waals surface area contributed by atoms with E-state index in [1.165, 1.54) is 178 Å². The molecule has 0 aromatic heterocycles. The van der Waals surface area contributed by atoms with Crippen molar-refractivity contribution in [1.82, 2.24) is 0 Å². The van der Waals surface area contributed by atoms with Crippen molar-refractivity contribution >= 4 is 8.80 Å². The summed E-state index contributed by atoms with van der Waals surface area (Å²) in [6.45, 7) is 13.2. The van der Waals surface area contributed by atoms with E-state index in [9.17, 15) is 0 Å². The molecule has 0 radical (unpaired) electrons. The first-order chi connectivity index (χ1) is 20.4. The Kier molecular flexibility index (Phi) is 31.1. The van der Waals surface area contributed by atoms with E-state index in [-0.39, 0.29) is 0 Å². The molecule has 0 aliphatic heterocycles. The molecule has 0 aliphatic rings. The minimum Gasteiger partial charge on any atom is -0.374 e. The van der Waals surface area contributed by atoms with E-state index in [1.807, 2.05) is 20.8 Å². The van der Waals surface area contributed by atoms with Crippen LogP contribution in [0.2, 0.25) is 6.04 Å². The quantitative estimate of drug-likeness (QED) is 0.0404. The fourth-order valence-corrected chi connectivity index (χ4v) is 9.01. The molecule has 42 heavy (non-hydrogen) atoms. The molecule has 0 aromatic rings. The fourth-order valence-electron chi connectivity index (χ4n) is 6.32. The number of hydrogen-bond donors (Lipinski definition) is 0. The number of unbranched alkanes of at least 4 members (excludes halogenated alkanes) is 23. The topological polar surface area (TPSA) is 27.7 Å². The highest BCUT2D eigenvalue weighted by Crippen LogP contribution is 2.21. The molecule has 4 nitrogen and oxygen atoms in total. The van der Waals surface area contributed by atoms with Crippen LogP contribution in [0, 0.1) is 0 Å². The van der Waals surface area contributed by atoms with Gasteiger partial charge in [0.2, 0.25) is 0 Å². The maximum atomic E-state index is 5.98. The van der Waals surface area contributed by atoms with Gasteiger partial charge in [0.25, 0.3) is 0 Å². The van der Waals surface area contributed by atoms with Gasteiger partial charge < -0.3 is 17.8 Å². The first-order valence-corrected chi connectivity index (χ1v) is 21.1. The van der Waals surface area contributed by atoms with Gasteiger partial charge in [0, 0.05) is 25.9 Å². The predicted molar refractivity (Wildman–Crippen MR) is 188 cm³/mol. The van der Waals surface area contributed by atoms with Gasteiger partial charge in [0.1, 0.15) is 0 Å². The van der Waals surface area contributed by atoms with Crippen LogP contribution in [-0.4, -0.2) is 60.3 Å². The first kappa shape index (κ1) is 42.1. The van der Waals surface area contributed by atoms with Crippen LogP contribution < -0.4 is 0 Å². The van der Waals surface area contributed by atoms with Crippen LogP contribution in [0.3, 0.4) is 0 Å². The number of rotatable bonds is 35. The third-order valence-corrected chi connectivity index (χ3v) is 12.1. The molecule has 0 atom stereocenters. The summed E-state index contributed by atoms with van der Waals surface area (Å²) in [5.41, 5.74) is 0. The number of quaternary nitrogens is 1. The van der Waals surface area contributed by atoms with Crippen molar-refractivity contribution in [3.63, 3.8) is 0 Å². The van der Waals surface area contributed by atoms with Crippen LogP contribution in [0.15, 0.2) is 0 Å². The molecule has 0 rings (SSSR count). The highest BCUT2D eigenvalue weighted by molar-refractivity contribution is 6.60. The van der Waals surface area contributed by atoms with Crippen molar-refractivity contribution in [2.75, 3.05) is 47.0 Å². The lowest BCUT2D eigenvalue weighted by Crippen LogP contribution is -2.45. The Hall–Kier alpha value is 0.0569. The molecule has 254 valence electrons. The predicted octanol–water partition coefficient (Wildman–Crippen LogP) is 11.9. The number of nitrogens with zero attached hydrogens (tertiary/aromatic N) is 1. The van der Waals surface area contributed by atoms with E-state index >= 15 is 0 Å². The van der Waals surface area contributed by atoms with Crippen molar-refractivity contribution in [3.8, 4) is 0 Å². The minimum atomic E-state index is -2.43. The zero-order valence-electron chi connectivity index (χ0n) is 30.1. The van der Waals surface area contributed by atoms with Gasteiger partial charge in [0.05, 0.1) is 27.2 Å². The average molecular weight is 615 g/mol. The third-order valence-electron chi connectivity index (χ3n) is 8.96. The summed E-state index contributed by atoms with van der Waals surface area (Å²) in [6, 6.07) is 0.968. The Morgan fingerprint density at radius 3 is 0.905 bits per heavy atom. The van der Waals surface area contributed by atoms with Crippen LogP contribution in [0.25, 0.3) is 0 Å². The van der Waals surface area contributed by atoms with Gasteiger partial charge in [0.15, 0.2) is 0 Å². The lowest BCUT2D eigenvalue weighted by molar-refractivity contribution is -0.890. The van der Waals surface area contributed by atoms with Crippen LogP contribution in [0.5, 0.6) is 0 Å². The third kappa shape index (κ3) is 27.6. The Bertz CT molecular complexity index is 514. The summed E-state index contributed by atoms with van der Waals surface area (Å²) in [5.74, 6) is 0. The molecule has 0 unspecified atom stereocenters. The lowest BCUT2D eigenvalue weighted by Gasteiger charge is -2.30. The summed E-state index contributed by atoms with van der Waals surface area (Å²) >= 11 is 0. The Balaban J connectivity index is 3.51. The summed E-state index contributed by atoms with van der Waals surface area (Å²) in [4.78, 5) is 0. The second-order valence-corrected chi connectivity index (χ2v) is 16.3. The Morgan fingerprint density at radius 2 is 0.619 bits per heavy atom. The molecule has 0 saturated carbocycles. The molecular weight excluding hydrogens is 534 g/mol. The van der Waals surface area contributed by atoms with Crippen LogP contribution >= 0.6 is 0 Å². The summed E-state index contributed by atoms with van der Waals surface area (Å²) in [6.07, 6.45) is 35.4. The number of hydrogen-bond acceptors (Lipinski definition) is 3. The monoisotopic (exact) mass is 615 g/mol. The van der Waals surface area contributed by atoms with Gasteiger partial charge in [-0.1, -0.05) is 135 Å². The summed E-state index contributed by atoms with van der Waals surface area (Å²) in [5, 5.41) is 0. The molecule has 0 N–H and O–H groups in total.